The van der Waals surface area contributed by atoms with Crippen molar-refractivity contribution in [2.45, 2.75) is 20.8 Å². The molecule has 2 aromatic rings. The summed E-state index contributed by atoms with van der Waals surface area (Å²) in [6.07, 6.45) is 0. The van der Waals surface area contributed by atoms with Crippen molar-refractivity contribution in [3.05, 3.63) is 30.0 Å². The van der Waals surface area contributed by atoms with E-state index in [9.17, 15) is 0 Å². The fourth-order valence-corrected chi connectivity index (χ4v) is 2.29. The van der Waals surface area contributed by atoms with E-state index < -0.39 is 0 Å². The molecule has 0 amide bonds. The molecule has 0 unspecified atom stereocenters. The second kappa shape index (κ2) is 5.13. The average molecular weight is 258 g/mol. The Morgan fingerprint density at radius 2 is 1.79 bits per heavy atom. The smallest absolute Gasteiger partial charge is 0.158 e. The topological polar surface area (TPSA) is 55.0 Å². The third-order valence-electron chi connectivity index (χ3n) is 3.43. The average Bonchev–Trinajstić information content (AvgIpc) is 2.39. The number of aromatic nitrogens is 2. The third kappa shape index (κ3) is 2.84. The Morgan fingerprint density at radius 1 is 1.16 bits per heavy atom. The van der Waals surface area contributed by atoms with Gasteiger partial charge in [-0.2, -0.15) is 5.10 Å². The van der Waals surface area contributed by atoms with Crippen molar-refractivity contribution in [1.29, 1.82) is 0 Å². The number of nitrogens with zero attached hydrogens (tertiary/aromatic N) is 3. The molecule has 0 atom stereocenters. The summed E-state index contributed by atoms with van der Waals surface area (Å²) in [5.41, 5.74) is 6.83. The maximum Gasteiger partial charge on any atom is 0.158 e. The van der Waals surface area contributed by atoms with Gasteiger partial charge in [0.25, 0.3) is 0 Å². The summed E-state index contributed by atoms with van der Waals surface area (Å²) in [6, 6.07) is 8.25. The summed E-state index contributed by atoms with van der Waals surface area (Å²) >= 11 is 0. The molecule has 1 heterocycles. The summed E-state index contributed by atoms with van der Waals surface area (Å²) in [5, 5.41) is 10.9. The van der Waals surface area contributed by atoms with Gasteiger partial charge in [0.05, 0.1) is 5.69 Å². The number of hydrogen-bond acceptors (Lipinski definition) is 4. The second-order valence-corrected chi connectivity index (χ2v) is 5.88. The van der Waals surface area contributed by atoms with Crippen LogP contribution >= 0.6 is 0 Å². The standard InChI is InChI=1S/C15H22N4/c1-11-12-7-5-6-8-13(12)14(18-17-11)19(4)10-15(2,3)9-16/h5-8H,9-10,16H2,1-4H3. The lowest BCUT2D eigenvalue weighted by atomic mass is 9.93. The molecule has 102 valence electrons. The highest BCUT2D eigenvalue weighted by atomic mass is 15.2. The van der Waals surface area contributed by atoms with Crippen LogP contribution in [0.1, 0.15) is 19.5 Å². The van der Waals surface area contributed by atoms with Gasteiger partial charge in [-0.3, -0.25) is 0 Å². The van der Waals surface area contributed by atoms with Gasteiger partial charge in [-0.1, -0.05) is 38.1 Å². The predicted molar refractivity (Wildman–Crippen MR) is 80.4 cm³/mol. The van der Waals surface area contributed by atoms with Gasteiger partial charge in [-0.05, 0) is 18.9 Å². The first-order chi connectivity index (χ1) is 8.94. The zero-order valence-corrected chi connectivity index (χ0v) is 12.1. The number of nitrogens with two attached hydrogens (primary N) is 1. The second-order valence-electron chi connectivity index (χ2n) is 5.88. The van der Waals surface area contributed by atoms with E-state index in [0.717, 1.165) is 28.8 Å². The highest BCUT2D eigenvalue weighted by molar-refractivity contribution is 5.93. The number of hydrogen-bond donors (Lipinski definition) is 1. The molecule has 1 aromatic carbocycles. The van der Waals surface area contributed by atoms with Gasteiger partial charge in [0, 0.05) is 24.4 Å². The van der Waals surface area contributed by atoms with Crippen LogP contribution in [-0.4, -0.2) is 30.3 Å². The number of aryl methyl sites for hydroxylation is 1. The van der Waals surface area contributed by atoms with Crippen molar-refractivity contribution < 1.29 is 0 Å². The van der Waals surface area contributed by atoms with Gasteiger partial charge in [0.2, 0.25) is 0 Å². The maximum absolute atomic E-state index is 5.81. The predicted octanol–water partition coefficient (Wildman–Crippen LogP) is 2.36. The van der Waals surface area contributed by atoms with Crippen molar-refractivity contribution in [2.24, 2.45) is 11.1 Å². The highest BCUT2D eigenvalue weighted by Crippen LogP contribution is 2.26. The largest absolute Gasteiger partial charge is 0.357 e. The fraction of sp³-hybridized carbons (Fsp3) is 0.467. The molecule has 0 saturated carbocycles. The van der Waals surface area contributed by atoms with E-state index in [-0.39, 0.29) is 5.41 Å². The van der Waals surface area contributed by atoms with Gasteiger partial charge in [-0.15, -0.1) is 5.10 Å². The molecule has 0 bridgehead atoms. The Morgan fingerprint density at radius 3 is 2.42 bits per heavy atom. The van der Waals surface area contributed by atoms with E-state index in [0.29, 0.717) is 6.54 Å². The van der Waals surface area contributed by atoms with Crippen molar-refractivity contribution in [3.63, 3.8) is 0 Å². The minimum atomic E-state index is 0.0580. The summed E-state index contributed by atoms with van der Waals surface area (Å²) in [5.74, 6) is 0.919. The molecule has 0 radical (unpaired) electrons. The van der Waals surface area contributed by atoms with Crippen LogP contribution in [0.15, 0.2) is 24.3 Å². The minimum Gasteiger partial charge on any atom is -0.357 e. The lowest BCUT2D eigenvalue weighted by Gasteiger charge is -2.30. The van der Waals surface area contributed by atoms with Crippen molar-refractivity contribution in [3.8, 4) is 0 Å². The zero-order valence-electron chi connectivity index (χ0n) is 12.1. The van der Waals surface area contributed by atoms with E-state index in [1.165, 1.54) is 0 Å². The van der Waals surface area contributed by atoms with Gasteiger partial charge in [0.15, 0.2) is 5.82 Å². The van der Waals surface area contributed by atoms with Crippen LogP contribution in [0.25, 0.3) is 10.8 Å². The van der Waals surface area contributed by atoms with E-state index in [4.69, 9.17) is 5.73 Å². The summed E-state index contributed by atoms with van der Waals surface area (Å²) in [6.45, 7) is 7.81. The van der Waals surface area contributed by atoms with Crippen LogP contribution in [-0.2, 0) is 0 Å². The number of benzene rings is 1. The van der Waals surface area contributed by atoms with Crippen LogP contribution in [0.2, 0.25) is 0 Å². The SMILES string of the molecule is Cc1nnc(N(C)CC(C)(C)CN)c2ccccc12. The van der Waals surface area contributed by atoms with Gasteiger partial charge >= 0.3 is 0 Å². The molecule has 0 aliphatic rings. The molecule has 0 aliphatic carbocycles. The van der Waals surface area contributed by atoms with E-state index in [2.05, 4.69) is 41.1 Å². The van der Waals surface area contributed by atoms with Gasteiger partial charge < -0.3 is 10.6 Å². The fourth-order valence-electron chi connectivity index (χ4n) is 2.29. The molecule has 2 rings (SSSR count). The van der Waals surface area contributed by atoms with E-state index in [1.54, 1.807) is 0 Å². The van der Waals surface area contributed by atoms with Crippen LogP contribution in [0.3, 0.4) is 0 Å². The first kappa shape index (κ1) is 13.7. The van der Waals surface area contributed by atoms with Crippen LogP contribution in [0, 0.1) is 12.3 Å². The third-order valence-corrected chi connectivity index (χ3v) is 3.43. The summed E-state index contributed by atoms with van der Waals surface area (Å²) < 4.78 is 0. The number of fused-ring (bicyclic) bond motifs is 1. The monoisotopic (exact) mass is 258 g/mol. The Hall–Kier alpha value is -1.68. The molecular weight excluding hydrogens is 236 g/mol. The molecule has 0 fully saturated rings. The van der Waals surface area contributed by atoms with Crippen molar-refractivity contribution in [2.75, 3.05) is 25.0 Å². The van der Waals surface area contributed by atoms with Crippen molar-refractivity contribution in [1.82, 2.24) is 10.2 Å². The van der Waals surface area contributed by atoms with Gasteiger partial charge in [0.1, 0.15) is 0 Å². The molecule has 0 spiro atoms. The minimum absolute atomic E-state index is 0.0580. The maximum atomic E-state index is 5.81. The summed E-state index contributed by atoms with van der Waals surface area (Å²) in [7, 11) is 2.04. The Labute approximate surface area is 114 Å². The zero-order chi connectivity index (χ0) is 14.0. The molecule has 4 heteroatoms. The van der Waals surface area contributed by atoms with Crippen LogP contribution in [0.4, 0.5) is 5.82 Å². The lowest BCUT2D eigenvalue weighted by Crippen LogP contribution is -2.37. The quantitative estimate of drug-likeness (QED) is 0.914. The molecule has 2 N–H and O–H groups in total. The number of anilines is 1. The Bertz CT molecular complexity index is 577. The molecular formula is C15H22N4. The van der Waals surface area contributed by atoms with Crippen molar-refractivity contribution >= 4 is 16.6 Å². The highest BCUT2D eigenvalue weighted by Gasteiger charge is 2.20. The van der Waals surface area contributed by atoms with E-state index >= 15 is 0 Å². The first-order valence-corrected chi connectivity index (χ1v) is 6.58. The van der Waals surface area contributed by atoms with Gasteiger partial charge in [-0.25, -0.2) is 0 Å². The van der Waals surface area contributed by atoms with E-state index in [1.807, 2.05) is 26.1 Å². The molecule has 0 aliphatic heterocycles. The molecule has 4 nitrogen and oxygen atoms in total. The number of rotatable bonds is 4. The Balaban J connectivity index is 2.43. The normalized spacial score (nSPS) is 11.8. The van der Waals surface area contributed by atoms with Crippen LogP contribution < -0.4 is 10.6 Å². The molecule has 1 aromatic heterocycles. The first-order valence-electron chi connectivity index (χ1n) is 6.58. The molecule has 19 heavy (non-hydrogen) atoms. The van der Waals surface area contributed by atoms with Crippen LogP contribution in [0.5, 0.6) is 0 Å². The Kier molecular flexibility index (Phi) is 3.71. The molecule has 0 saturated heterocycles. The lowest BCUT2D eigenvalue weighted by molar-refractivity contribution is 0.384. The summed E-state index contributed by atoms with van der Waals surface area (Å²) in [4.78, 5) is 2.14.